The van der Waals surface area contributed by atoms with Crippen LogP contribution in [0.4, 0.5) is 0 Å². The second-order valence-corrected chi connectivity index (χ2v) is 6.43. The zero-order chi connectivity index (χ0) is 14.0. The molecular weight excluding hydrogens is 304 g/mol. The second kappa shape index (κ2) is 5.33. The Morgan fingerprint density at radius 1 is 1.11 bits per heavy atom. The van der Waals surface area contributed by atoms with Crippen molar-refractivity contribution in [2.24, 2.45) is 0 Å². The Hall–Kier alpha value is -1.35. The van der Waals surface area contributed by atoms with Gasteiger partial charge in [0.1, 0.15) is 0 Å². The lowest BCUT2D eigenvalue weighted by Gasteiger charge is -2.19. The van der Waals surface area contributed by atoms with Crippen LogP contribution in [0.3, 0.4) is 0 Å². The van der Waals surface area contributed by atoms with Gasteiger partial charge in [-0.05, 0) is 44.6 Å². The molecule has 0 radical (unpaired) electrons. The van der Waals surface area contributed by atoms with Crippen LogP contribution in [-0.4, -0.2) is 5.78 Å². The van der Waals surface area contributed by atoms with Crippen LogP contribution in [0.15, 0.2) is 45.5 Å². The summed E-state index contributed by atoms with van der Waals surface area (Å²) in [7, 11) is 0. The molecule has 1 aromatic carbocycles. The average molecular weight is 321 g/mol. The Morgan fingerprint density at radius 3 is 2.21 bits per heavy atom. The predicted octanol–water partition coefficient (Wildman–Crippen LogP) is 4.77. The standard InChI is InChI=1S/C16H17BrO2/c1-16(2,3)12-6-4-11(5-7-12)10-13(18)14-8-9-15(17)19-14/h4-9H,10H2,1-3H3. The summed E-state index contributed by atoms with van der Waals surface area (Å²) in [5, 5.41) is 0. The largest absolute Gasteiger partial charge is 0.446 e. The van der Waals surface area contributed by atoms with Gasteiger partial charge >= 0.3 is 0 Å². The first kappa shape index (κ1) is 14.1. The van der Waals surface area contributed by atoms with E-state index < -0.39 is 0 Å². The molecule has 0 atom stereocenters. The van der Waals surface area contributed by atoms with E-state index in [4.69, 9.17) is 4.42 Å². The Morgan fingerprint density at radius 2 is 1.74 bits per heavy atom. The van der Waals surface area contributed by atoms with Gasteiger partial charge in [0.2, 0.25) is 5.78 Å². The van der Waals surface area contributed by atoms with Crippen molar-refractivity contribution in [2.45, 2.75) is 32.6 Å². The van der Waals surface area contributed by atoms with E-state index in [9.17, 15) is 4.79 Å². The normalized spacial score (nSPS) is 11.6. The van der Waals surface area contributed by atoms with Crippen molar-refractivity contribution in [2.75, 3.05) is 0 Å². The lowest BCUT2D eigenvalue weighted by molar-refractivity contribution is 0.0965. The zero-order valence-electron chi connectivity index (χ0n) is 11.4. The lowest BCUT2D eigenvalue weighted by atomic mass is 9.86. The molecule has 0 bridgehead atoms. The van der Waals surface area contributed by atoms with Crippen LogP contribution in [0.2, 0.25) is 0 Å². The third-order valence-corrected chi connectivity index (χ3v) is 3.46. The van der Waals surface area contributed by atoms with Crippen molar-refractivity contribution in [3.8, 4) is 0 Å². The third-order valence-electron chi connectivity index (χ3n) is 3.03. The molecule has 0 spiro atoms. The molecule has 1 heterocycles. The summed E-state index contributed by atoms with van der Waals surface area (Å²) in [6.45, 7) is 6.52. The molecule has 2 rings (SSSR count). The maximum Gasteiger partial charge on any atom is 0.202 e. The maximum absolute atomic E-state index is 12.0. The topological polar surface area (TPSA) is 30.2 Å². The van der Waals surface area contributed by atoms with Gasteiger partial charge in [-0.1, -0.05) is 45.0 Å². The summed E-state index contributed by atoms with van der Waals surface area (Å²) < 4.78 is 5.84. The van der Waals surface area contributed by atoms with Gasteiger partial charge in [0.05, 0.1) is 0 Å². The number of halogens is 1. The first-order valence-electron chi connectivity index (χ1n) is 6.24. The van der Waals surface area contributed by atoms with Crippen molar-refractivity contribution in [3.05, 3.63) is 58.0 Å². The molecule has 19 heavy (non-hydrogen) atoms. The van der Waals surface area contributed by atoms with Gasteiger partial charge in [-0.3, -0.25) is 4.79 Å². The number of hydrogen-bond acceptors (Lipinski definition) is 2. The number of hydrogen-bond donors (Lipinski definition) is 0. The third kappa shape index (κ3) is 3.57. The Kier molecular flexibility index (Phi) is 3.95. The fourth-order valence-electron chi connectivity index (χ4n) is 1.86. The summed E-state index contributed by atoms with van der Waals surface area (Å²) in [5.41, 5.74) is 2.41. The zero-order valence-corrected chi connectivity index (χ0v) is 13.0. The van der Waals surface area contributed by atoms with E-state index in [0.717, 1.165) is 5.56 Å². The molecule has 0 amide bonds. The van der Waals surface area contributed by atoms with Crippen molar-refractivity contribution in [3.63, 3.8) is 0 Å². The monoisotopic (exact) mass is 320 g/mol. The minimum Gasteiger partial charge on any atom is -0.446 e. The van der Waals surface area contributed by atoms with Crippen LogP contribution in [0.25, 0.3) is 0 Å². The molecule has 0 aliphatic rings. The van der Waals surface area contributed by atoms with E-state index in [1.165, 1.54) is 5.56 Å². The molecule has 0 unspecified atom stereocenters. The highest BCUT2D eigenvalue weighted by Crippen LogP contribution is 2.23. The Labute approximate surface area is 122 Å². The number of carbonyl (C=O) groups is 1. The van der Waals surface area contributed by atoms with Crippen molar-refractivity contribution in [1.29, 1.82) is 0 Å². The summed E-state index contributed by atoms with van der Waals surface area (Å²) in [6, 6.07) is 11.6. The smallest absolute Gasteiger partial charge is 0.202 e. The van der Waals surface area contributed by atoms with Crippen LogP contribution in [0.5, 0.6) is 0 Å². The van der Waals surface area contributed by atoms with Crippen molar-refractivity contribution >= 4 is 21.7 Å². The molecule has 0 saturated carbocycles. The summed E-state index contributed by atoms with van der Waals surface area (Å²) in [5.74, 6) is 0.390. The van der Waals surface area contributed by atoms with E-state index in [-0.39, 0.29) is 11.2 Å². The van der Waals surface area contributed by atoms with E-state index in [2.05, 4.69) is 48.8 Å². The molecule has 0 N–H and O–H groups in total. The fourth-order valence-corrected chi connectivity index (χ4v) is 2.17. The van der Waals surface area contributed by atoms with Crippen LogP contribution in [0, 0.1) is 0 Å². The van der Waals surface area contributed by atoms with E-state index >= 15 is 0 Å². The quantitative estimate of drug-likeness (QED) is 0.763. The van der Waals surface area contributed by atoms with Gasteiger partial charge < -0.3 is 4.42 Å². The van der Waals surface area contributed by atoms with Crippen LogP contribution >= 0.6 is 15.9 Å². The molecular formula is C16H17BrO2. The highest BCUT2D eigenvalue weighted by molar-refractivity contribution is 9.10. The number of Topliss-reactive ketones (excluding diaryl/α,β-unsaturated/α-hetero) is 1. The fraction of sp³-hybridized carbons (Fsp3) is 0.312. The lowest BCUT2D eigenvalue weighted by Crippen LogP contribution is -2.11. The van der Waals surface area contributed by atoms with Crippen LogP contribution < -0.4 is 0 Å². The minimum absolute atomic E-state index is 0.00536. The van der Waals surface area contributed by atoms with Gasteiger partial charge in [0, 0.05) is 6.42 Å². The van der Waals surface area contributed by atoms with Gasteiger partial charge in [-0.15, -0.1) is 0 Å². The number of furan rings is 1. The Bertz CT molecular complexity index is 574. The second-order valence-electron chi connectivity index (χ2n) is 5.65. The van der Waals surface area contributed by atoms with E-state index in [0.29, 0.717) is 16.9 Å². The Balaban J connectivity index is 2.10. The first-order valence-corrected chi connectivity index (χ1v) is 7.03. The van der Waals surface area contributed by atoms with E-state index in [1.54, 1.807) is 12.1 Å². The number of carbonyl (C=O) groups excluding carboxylic acids is 1. The van der Waals surface area contributed by atoms with Crippen LogP contribution in [-0.2, 0) is 11.8 Å². The number of benzene rings is 1. The molecule has 100 valence electrons. The highest BCUT2D eigenvalue weighted by Gasteiger charge is 2.14. The molecule has 0 saturated heterocycles. The highest BCUT2D eigenvalue weighted by atomic mass is 79.9. The number of ketones is 1. The van der Waals surface area contributed by atoms with Crippen LogP contribution in [0.1, 0.15) is 42.5 Å². The molecule has 2 nitrogen and oxygen atoms in total. The molecule has 3 heteroatoms. The van der Waals surface area contributed by atoms with E-state index in [1.807, 2.05) is 12.1 Å². The summed E-state index contributed by atoms with van der Waals surface area (Å²) >= 11 is 3.20. The maximum atomic E-state index is 12.0. The first-order chi connectivity index (χ1) is 8.86. The van der Waals surface area contributed by atoms with Gasteiger partial charge in [0.25, 0.3) is 0 Å². The molecule has 2 aromatic rings. The molecule has 0 fully saturated rings. The van der Waals surface area contributed by atoms with Gasteiger partial charge in [-0.25, -0.2) is 0 Å². The average Bonchev–Trinajstić information content (AvgIpc) is 2.75. The van der Waals surface area contributed by atoms with Crippen molar-refractivity contribution < 1.29 is 9.21 Å². The SMILES string of the molecule is CC(C)(C)c1ccc(CC(=O)c2ccc(Br)o2)cc1. The predicted molar refractivity (Wildman–Crippen MR) is 79.6 cm³/mol. The van der Waals surface area contributed by atoms with Crippen molar-refractivity contribution in [1.82, 2.24) is 0 Å². The molecule has 1 aromatic heterocycles. The number of rotatable bonds is 3. The van der Waals surface area contributed by atoms with Gasteiger partial charge in [0.15, 0.2) is 10.4 Å². The molecule has 0 aliphatic heterocycles. The summed E-state index contributed by atoms with van der Waals surface area (Å²) in [4.78, 5) is 12.0. The summed E-state index contributed by atoms with van der Waals surface area (Å²) in [6.07, 6.45) is 0.365. The molecule has 0 aliphatic carbocycles. The minimum atomic E-state index is -0.00536. The van der Waals surface area contributed by atoms with Gasteiger partial charge in [-0.2, -0.15) is 0 Å².